The molecule has 4 nitrogen and oxygen atoms in total. The standard InChI is InChI=1S/C20H31FN4S.HI/c1-2-22-20(24-14-16-10-12-25(15-16)18-6-7-18)23-11-3-13-26-19-8-4-17(21)5-9-19;/h4-5,8-9,16,18H,2-3,6-7,10-15H2,1H3,(H2,22,23,24);1H. The highest BCUT2D eigenvalue weighted by atomic mass is 127. The Morgan fingerprint density at radius 3 is 2.70 bits per heavy atom. The van der Waals surface area contributed by atoms with Crippen LogP contribution in [-0.4, -0.2) is 55.4 Å². The largest absolute Gasteiger partial charge is 0.357 e. The van der Waals surface area contributed by atoms with Crippen LogP contribution in [0.1, 0.15) is 32.6 Å². The van der Waals surface area contributed by atoms with Crippen LogP contribution in [0, 0.1) is 11.7 Å². The average Bonchev–Trinajstić information content (AvgIpc) is 3.39. The third-order valence-corrected chi connectivity index (χ3v) is 6.03. The van der Waals surface area contributed by atoms with Crippen molar-refractivity contribution in [3.8, 4) is 0 Å². The lowest BCUT2D eigenvalue weighted by atomic mass is 10.1. The van der Waals surface area contributed by atoms with Crippen molar-refractivity contribution < 1.29 is 4.39 Å². The molecular formula is C20H32FIN4S. The number of nitrogens with one attached hydrogen (secondary N) is 2. The van der Waals surface area contributed by atoms with E-state index in [1.165, 1.54) is 44.5 Å². The van der Waals surface area contributed by atoms with Gasteiger partial charge in [0.15, 0.2) is 5.96 Å². The van der Waals surface area contributed by atoms with E-state index in [2.05, 4.69) is 22.5 Å². The maximum absolute atomic E-state index is 12.9. The minimum atomic E-state index is -0.176. The van der Waals surface area contributed by atoms with Gasteiger partial charge in [0.05, 0.1) is 0 Å². The van der Waals surface area contributed by atoms with Crippen molar-refractivity contribution in [2.75, 3.05) is 38.5 Å². The second-order valence-electron chi connectivity index (χ2n) is 7.18. The molecule has 1 saturated heterocycles. The summed E-state index contributed by atoms with van der Waals surface area (Å²) in [6.45, 7) is 7.29. The highest BCUT2D eigenvalue weighted by Gasteiger charge is 2.34. The molecule has 0 bridgehead atoms. The second kappa shape index (κ2) is 12.1. The second-order valence-corrected chi connectivity index (χ2v) is 8.35. The Kier molecular flexibility index (Phi) is 10.2. The minimum absolute atomic E-state index is 0. The summed E-state index contributed by atoms with van der Waals surface area (Å²) in [4.78, 5) is 8.56. The molecular weight excluding hydrogens is 474 g/mol. The van der Waals surface area contributed by atoms with Crippen LogP contribution in [-0.2, 0) is 0 Å². The van der Waals surface area contributed by atoms with Gasteiger partial charge in [-0.05, 0) is 75.1 Å². The molecule has 2 fully saturated rings. The fraction of sp³-hybridized carbons (Fsp3) is 0.650. The van der Waals surface area contributed by atoms with Crippen LogP contribution in [0.15, 0.2) is 34.2 Å². The molecule has 1 atom stereocenters. The first-order valence-corrected chi connectivity index (χ1v) is 10.9. The molecule has 0 spiro atoms. The first kappa shape index (κ1) is 22.7. The molecule has 1 aliphatic carbocycles. The number of thioether (sulfide) groups is 1. The molecule has 0 amide bonds. The molecule has 1 aliphatic heterocycles. The number of likely N-dealkylation sites (tertiary alicyclic amines) is 1. The predicted molar refractivity (Wildman–Crippen MR) is 124 cm³/mol. The molecule has 7 heteroatoms. The number of aliphatic imine (C=N–C) groups is 1. The maximum Gasteiger partial charge on any atom is 0.191 e. The molecule has 3 rings (SSSR count). The molecule has 0 radical (unpaired) electrons. The van der Waals surface area contributed by atoms with Crippen LogP contribution in [0.25, 0.3) is 0 Å². The van der Waals surface area contributed by atoms with Crippen LogP contribution in [0.4, 0.5) is 4.39 Å². The lowest BCUT2D eigenvalue weighted by molar-refractivity contribution is 0.315. The summed E-state index contributed by atoms with van der Waals surface area (Å²) in [6.07, 6.45) is 5.13. The van der Waals surface area contributed by atoms with Crippen LogP contribution in [0.2, 0.25) is 0 Å². The molecule has 1 heterocycles. The van der Waals surface area contributed by atoms with Gasteiger partial charge in [-0.1, -0.05) is 0 Å². The monoisotopic (exact) mass is 506 g/mol. The van der Waals surface area contributed by atoms with Gasteiger partial charge in [0, 0.05) is 37.1 Å². The molecule has 1 saturated carbocycles. The zero-order valence-corrected chi connectivity index (χ0v) is 19.3. The number of hydrogen-bond donors (Lipinski definition) is 2. The van der Waals surface area contributed by atoms with E-state index < -0.39 is 0 Å². The SMILES string of the molecule is CCNC(=NCC1CCN(C2CC2)C1)NCCCSc1ccc(F)cc1.I. The number of benzene rings is 1. The molecule has 0 aromatic heterocycles. The van der Waals surface area contributed by atoms with E-state index in [-0.39, 0.29) is 29.8 Å². The third-order valence-electron chi connectivity index (χ3n) is 4.93. The summed E-state index contributed by atoms with van der Waals surface area (Å²) in [7, 11) is 0. The van der Waals surface area contributed by atoms with Crippen molar-refractivity contribution in [3.05, 3.63) is 30.1 Å². The Morgan fingerprint density at radius 1 is 1.22 bits per heavy atom. The number of rotatable bonds is 9. The Bertz CT molecular complexity index is 580. The molecule has 152 valence electrons. The molecule has 1 aromatic rings. The predicted octanol–water partition coefficient (Wildman–Crippen LogP) is 3.97. The Hall–Kier alpha value is -0.540. The molecule has 2 N–H and O–H groups in total. The van der Waals surface area contributed by atoms with Crippen molar-refractivity contribution >= 4 is 41.7 Å². The fourth-order valence-corrected chi connectivity index (χ4v) is 4.20. The van der Waals surface area contributed by atoms with Gasteiger partial charge in [0.25, 0.3) is 0 Å². The molecule has 1 unspecified atom stereocenters. The Labute approximate surface area is 184 Å². The lowest BCUT2D eigenvalue weighted by Gasteiger charge is -2.15. The highest BCUT2D eigenvalue weighted by Crippen LogP contribution is 2.31. The summed E-state index contributed by atoms with van der Waals surface area (Å²) < 4.78 is 12.9. The van der Waals surface area contributed by atoms with Crippen molar-refractivity contribution in [1.29, 1.82) is 0 Å². The summed E-state index contributed by atoms with van der Waals surface area (Å²) in [5.41, 5.74) is 0. The summed E-state index contributed by atoms with van der Waals surface area (Å²) in [5.74, 6) is 2.48. The Balaban J connectivity index is 0.00000261. The normalized spacial score (nSPS) is 20.4. The van der Waals surface area contributed by atoms with Gasteiger partial charge in [0.1, 0.15) is 5.82 Å². The van der Waals surface area contributed by atoms with Crippen LogP contribution < -0.4 is 10.6 Å². The number of nitrogens with zero attached hydrogens (tertiary/aromatic N) is 2. The van der Waals surface area contributed by atoms with Gasteiger partial charge in [-0.3, -0.25) is 4.99 Å². The highest BCUT2D eigenvalue weighted by molar-refractivity contribution is 14.0. The van der Waals surface area contributed by atoms with Gasteiger partial charge in [-0.25, -0.2) is 4.39 Å². The zero-order chi connectivity index (χ0) is 18.2. The topological polar surface area (TPSA) is 39.7 Å². The quantitative estimate of drug-likeness (QED) is 0.175. The van der Waals surface area contributed by atoms with E-state index in [0.717, 1.165) is 48.7 Å². The molecule has 27 heavy (non-hydrogen) atoms. The average molecular weight is 506 g/mol. The number of guanidine groups is 1. The van der Waals surface area contributed by atoms with E-state index in [9.17, 15) is 4.39 Å². The van der Waals surface area contributed by atoms with Crippen molar-refractivity contribution in [3.63, 3.8) is 0 Å². The smallest absolute Gasteiger partial charge is 0.191 e. The van der Waals surface area contributed by atoms with Crippen LogP contribution >= 0.6 is 35.7 Å². The van der Waals surface area contributed by atoms with E-state index in [1.54, 1.807) is 11.8 Å². The van der Waals surface area contributed by atoms with Gasteiger partial charge in [-0.15, -0.1) is 35.7 Å². The van der Waals surface area contributed by atoms with Gasteiger partial charge in [-0.2, -0.15) is 0 Å². The van der Waals surface area contributed by atoms with E-state index in [1.807, 2.05) is 12.1 Å². The maximum atomic E-state index is 12.9. The molecule has 2 aliphatic rings. The fourth-order valence-electron chi connectivity index (χ4n) is 3.34. The minimum Gasteiger partial charge on any atom is -0.357 e. The van der Waals surface area contributed by atoms with E-state index in [4.69, 9.17) is 4.99 Å². The van der Waals surface area contributed by atoms with Crippen molar-refractivity contribution in [2.45, 2.75) is 43.5 Å². The zero-order valence-electron chi connectivity index (χ0n) is 16.1. The van der Waals surface area contributed by atoms with Crippen LogP contribution in [0.3, 0.4) is 0 Å². The lowest BCUT2D eigenvalue weighted by Crippen LogP contribution is -2.38. The third kappa shape index (κ3) is 8.15. The first-order chi connectivity index (χ1) is 12.7. The van der Waals surface area contributed by atoms with Crippen LogP contribution in [0.5, 0.6) is 0 Å². The van der Waals surface area contributed by atoms with Gasteiger partial charge in [0.2, 0.25) is 0 Å². The van der Waals surface area contributed by atoms with Crippen molar-refractivity contribution in [2.24, 2.45) is 10.9 Å². The number of hydrogen-bond acceptors (Lipinski definition) is 3. The summed E-state index contributed by atoms with van der Waals surface area (Å²) in [5, 5.41) is 6.78. The summed E-state index contributed by atoms with van der Waals surface area (Å²) in [6, 6.07) is 7.60. The molecule has 1 aromatic carbocycles. The summed E-state index contributed by atoms with van der Waals surface area (Å²) >= 11 is 1.76. The first-order valence-electron chi connectivity index (χ1n) is 9.89. The van der Waals surface area contributed by atoms with Crippen molar-refractivity contribution in [1.82, 2.24) is 15.5 Å². The van der Waals surface area contributed by atoms with E-state index in [0.29, 0.717) is 5.92 Å². The van der Waals surface area contributed by atoms with E-state index >= 15 is 0 Å². The number of halogens is 2. The Morgan fingerprint density at radius 2 is 2.00 bits per heavy atom. The van der Waals surface area contributed by atoms with Gasteiger partial charge < -0.3 is 15.5 Å². The van der Waals surface area contributed by atoms with Gasteiger partial charge >= 0.3 is 0 Å².